The lowest BCUT2D eigenvalue weighted by Gasteiger charge is -2.07. The molecule has 0 aromatic carbocycles. The number of ketones is 1. The molecule has 0 saturated heterocycles. The summed E-state index contributed by atoms with van der Waals surface area (Å²) >= 11 is 0. The van der Waals surface area contributed by atoms with Crippen molar-refractivity contribution < 1.29 is 14.7 Å². The lowest BCUT2D eigenvalue weighted by Crippen LogP contribution is -2.14. The summed E-state index contributed by atoms with van der Waals surface area (Å²) in [6.07, 6.45) is 3.44. The van der Waals surface area contributed by atoms with E-state index in [4.69, 9.17) is 10.8 Å². The van der Waals surface area contributed by atoms with Gasteiger partial charge in [0, 0.05) is 17.8 Å². The molecule has 0 heterocycles. The Balaban J connectivity index is 2.71. The van der Waals surface area contributed by atoms with Gasteiger partial charge in [-0.3, -0.25) is 9.79 Å². The van der Waals surface area contributed by atoms with Crippen molar-refractivity contribution >= 4 is 17.5 Å². The number of aliphatic imine (C=N–C) groups is 1. The number of nitrogens with two attached hydrogens (primary N) is 1. The highest BCUT2D eigenvalue weighted by molar-refractivity contribution is 6.18. The molecular weight excluding hydrogens is 220 g/mol. The van der Waals surface area contributed by atoms with Crippen LogP contribution in [0, 0.1) is 5.92 Å². The van der Waals surface area contributed by atoms with Crippen LogP contribution >= 0.6 is 0 Å². The molecule has 2 atom stereocenters. The Bertz CT molecular complexity index is 385. The van der Waals surface area contributed by atoms with Crippen LogP contribution in [0.3, 0.4) is 0 Å². The molecule has 94 valence electrons. The maximum Gasteiger partial charge on any atom is 0.339 e. The van der Waals surface area contributed by atoms with Gasteiger partial charge in [-0.25, -0.2) is 4.79 Å². The smallest absolute Gasteiger partial charge is 0.339 e. The van der Waals surface area contributed by atoms with Gasteiger partial charge in [0.15, 0.2) is 0 Å². The highest BCUT2D eigenvalue weighted by atomic mass is 16.4. The van der Waals surface area contributed by atoms with Crippen LogP contribution in [0.25, 0.3) is 0 Å². The van der Waals surface area contributed by atoms with E-state index in [1.165, 1.54) is 0 Å². The van der Waals surface area contributed by atoms with Crippen LogP contribution in [0.5, 0.6) is 0 Å². The molecule has 1 fully saturated rings. The predicted octanol–water partition coefficient (Wildman–Crippen LogP) is 1.13. The van der Waals surface area contributed by atoms with E-state index in [-0.39, 0.29) is 23.3 Å². The molecule has 0 bridgehead atoms. The van der Waals surface area contributed by atoms with Crippen molar-refractivity contribution in [3.05, 3.63) is 11.8 Å². The Kier molecular flexibility index (Phi) is 4.43. The molecule has 0 radical (unpaired) electrons. The van der Waals surface area contributed by atoms with Crippen LogP contribution < -0.4 is 5.73 Å². The fourth-order valence-electron chi connectivity index (χ4n) is 2.13. The summed E-state index contributed by atoms with van der Waals surface area (Å²) in [5.41, 5.74) is 5.70. The third-order valence-electron chi connectivity index (χ3n) is 3.14. The van der Waals surface area contributed by atoms with E-state index in [0.29, 0.717) is 12.1 Å². The number of carboxylic acids is 1. The molecular formula is C12H18N2O3. The fourth-order valence-corrected chi connectivity index (χ4v) is 2.13. The first-order chi connectivity index (χ1) is 7.95. The largest absolute Gasteiger partial charge is 0.478 e. The number of carbonyl (C=O) groups excluding carboxylic acids is 1. The lowest BCUT2D eigenvalue weighted by molar-refractivity contribution is -0.132. The molecule has 5 nitrogen and oxygen atoms in total. The van der Waals surface area contributed by atoms with Crippen LogP contribution in [-0.2, 0) is 9.59 Å². The van der Waals surface area contributed by atoms with E-state index in [0.717, 1.165) is 19.0 Å². The van der Waals surface area contributed by atoms with Crippen molar-refractivity contribution in [2.75, 3.05) is 0 Å². The molecule has 1 aliphatic carbocycles. The minimum absolute atomic E-state index is 0.0243. The van der Waals surface area contributed by atoms with Crippen LogP contribution in [0.2, 0.25) is 0 Å². The Morgan fingerprint density at radius 3 is 2.41 bits per heavy atom. The highest BCUT2D eigenvalue weighted by Gasteiger charge is 2.27. The van der Waals surface area contributed by atoms with Gasteiger partial charge >= 0.3 is 5.97 Å². The molecule has 0 unspecified atom stereocenters. The van der Waals surface area contributed by atoms with Gasteiger partial charge < -0.3 is 10.8 Å². The second kappa shape index (κ2) is 5.61. The predicted molar refractivity (Wildman–Crippen MR) is 64.8 cm³/mol. The van der Waals surface area contributed by atoms with Crippen LogP contribution in [0.15, 0.2) is 16.8 Å². The second-order valence-corrected chi connectivity index (χ2v) is 4.37. The number of nitrogens with zero attached hydrogens (tertiary/aromatic N) is 1. The van der Waals surface area contributed by atoms with Crippen LogP contribution in [0.1, 0.15) is 33.1 Å². The van der Waals surface area contributed by atoms with Gasteiger partial charge in [-0.15, -0.1) is 0 Å². The Hall–Kier alpha value is -1.65. The zero-order valence-electron chi connectivity index (χ0n) is 10.1. The first-order valence-corrected chi connectivity index (χ1v) is 5.66. The first kappa shape index (κ1) is 13.4. The molecule has 1 aliphatic rings. The molecule has 3 N–H and O–H groups in total. The number of aliphatic carboxylic acids is 1. The van der Waals surface area contributed by atoms with Crippen molar-refractivity contribution in [2.24, 2.45) is 16.6 Å². The third-order valence-corrected chi connectivity index (χ3v) is 3.14. The van der Waals surface area contributed by atoms with E-state index in [2.05, 4.69) is 4.99 Å². The molecule has 17 heavy (non-hydrogen) atoms. The molecule has 1 rings (SSSR count). The summed E-state index contributed by atoms with van der Waals surface area (Å²) in [5.74, 6) is -0.810. The van der Waals surface area contributed by atoms with Gasteiger partial charge in [0.25, 0.3) is 0 Å². The van der Waals surface area contributed by atoms with Gasteiger partial charge in [0.05, 0.1) is 11.6 Å². The minimum Gasteiger partial charge on any atom is -0.478 e. The quantitative estimate of drug-likeness (QED) is 0.567. The monoisotopic (exact) mass is 238 g/mol. The van der Waals surface area contributed by atoms with E-state index in [1.54, 1.807) is 13.8 Å². The second-order valence-electron chi connectivity index (χ2n) is 4.37. The summed E-state index contributed by atoms with van der Waals surface area (Å²) in [4.78, 5) is 26.4. The molecule has 0 spiro atoms. The number of hydrogen-bond donors (Lipinski definition) is 2. The molecule has 5 heteroatoms. The standard InChI is InChI=1S/C12H18N2O3/c1-7(11(6-13)12(16)17)14-10-4-3-9(5-10)8(2)15/h6,9-10H,3-5,13H2,1-2H3,(H,16,17)/t9-,10-/m1/s1. The summed E-state index contributed by atoms with van der Waals surface area (Å²) in [6.45, 7) is 3.22. The maximum absolute atomic E-state index is 11.2. The number of carboxylic acid groups (broad SMARTS) is 1. The van der Waals surface area contributed by atoms with Gasteiger partial charge in [-0.1, -0.05) is 0 Å². The topological polar surface area (TPSA) is 92.8 Å². The number of rotatable bonds is 4. The van der Waals surface area contributed by atoms with Gasteiger partial charge in [-0.05, 0) is 33.1 Å². The summed E-state index contributed by atoms with van der Waals surface area (Å²) in [7, 11) is 0. The van der Waals surface area contributed by atoms with Crippen LogP contribution in [-0.4, -0.2) is 28.6 Å². The van der Waals surface area contributed by atoms with E-state index in [9.17, 15) is 9.59 Å². The van der Waals surface area contributed by atoms with Crippen molar-refractivity contribution in [2.45, 2.75) is 39.2 Å². The first-order valence-electron chi connectivity index (χ1n) is 5.66. The zero-order chi connectivity index (χ0) is 13.0. The number of hydrogen-bond acceptors (Lipinski definition) is 4. The Morgan fingerprint density at radius 1 is 1.35 bits per heavy atom. The highest BCUT2D eigenvalue weighted by Crippen LogP contribution is 2.28. The average molecular weight is 238 g/mol. The van der Waals surface area contributed by atoms with E-state index >= 15 is 0 Å². The fraction of sp³-hybridized carbons (Fsp3) is 0.583. The van der Waals surface area contributed by atoms with Crippen molar-refractivity contribution in [3.8, 4) is 0 Å². The van der Waals surface area contributed by atoms with Gasteiger partial charge in [0.2, 0.25) is 0 Å². The average Bonchev–Trinajstić information content (AvgIpc) is 2.66. The summed E-state index contributed by atoms with van der Waals surface area (Å²) < 4.78 is 0. The number of Topliss-reactive ketones (excluding diaryl/α,β-unsaturated/α-hetero) is 1. The Labute approximate surface area is 100 Å². The molecule has 0 amide bonds. The van der Waals surface area contributed by atoms with E-state index < -0.39 is 5.97 Å². The molecule has 0 aliphatic heterocycles. The SMILES string of the molecule is CC(=O)[C@@H]1CC[C@@H](N=C(C)C(=CN)C(=O)O)C1. The Morgan fingerprint density at radius 2 is 2.00 bits per heavy atom. The van der Waals surface area contributed by atoms with Gasteiger partial charge in [0.1, 0.15) is 5.78 Å². The van der Waals surface area contributed by atoms with Crippen molar-refractivity contribution in [1.29, 1.82) is 0 Å². The molecule has 1 saturated carbocycles. The maximum atomic E-state index is 11.2. The third kappa shape index (κ3) is 3.41. The van der Waals surface area contributed by atoms with E-state index in [1.807, 2.05) is 0 Å². The summed E-state index contributed by atoms with van der Waals surface area (Å²) in [5, 5.41) is 8.87. The minimum atomic E-state index is -1.07. The normalized spacial score (nSPS) is 26.0. The van der Waals surface area contributed by atoms with Gasteiger partial charge in [-0.2, -0.15) is 0 Å². The zero-order valence-corrected chi connectivity index (χ0v) is 10.1. The summed E-state index contributed by atoms with van der Waals surface area (Å²) in [6, 6.07) is 0.0400. The van der Waals surface area contributed by atoms with Crippen molar-refractivity contribution in [1.82, 2.24) is 0 Å². The molecule has 0 aromatic heterocycles. The van der Waals surface area contributed by atoms with Crippen molar-refractivity contribution in [3.63, 3.8) is 0 Å². The van der Waals surface area contributed by atoms with Crippen LogP contribution in [0.4, 0.5) is 0 Å². The number of carbonyl (C=O) groups is 2. The molecule has 0 aromatic rings. The lowest BCUT2D eigenvalue weighted by atomic mass is 10.0.